The molecular formula is C10H15N3O. The van der Waals surface area contributed by atoms with Crippen molar-refractivity contribution in [2.45, 2.75) is 19.3 Å². The zero-order valence-corrected chi connectivity index (χ0v) is 8.60. The van der Waals surface area contributed by atoms with Gasteiger partial charge in [-0.3, -0.25) is 0 Å². The van der Waals surface area contributed by atoms with Crippen molar-refractivity contribution in [1.29, 1.82) is 0 Å². The molecule has 0 unspecified atom stereocenters. The third-order valence-electron chi connectivity index (χ3n) is 3.45. The van der Waals surface area contributed by atoms with Crippen LogP contribution >= 0.6 is 0 Å². The number of hydrogen-bond acceptors (Lipinski definition) is 4. The Morgan fingerprint density at radius 2 is 2.07 bits per heavy atom. The molecule has 3 rings (SSSR count). The maximum Gasteiger partial charge on any atom is 0.220 e. The van der Waals surface area contributed by atoms with Crippen LogP contribution in [0.5, 0.6) is 0 Å². The number of likely N-dealkylation sites (tertiary alicyclic amines) is 1. The molecule has 0 spiro atoms. The summed E-state index contributed by atoms with van der Waals surface area (Å²) in [7, 11) is 2.18. The van der Waals surface area contributed by atoms with E-state index < -0.39 is 0 Å². The predicted octanol–water partition coefficient (Wildman–Crippen LogP) is 0.907. The number of nitrogens with zero attached hydrogens (tertiary/aromatic N) is 3. The van der Waals surface area contributed by atoms with E-state index in [0.717, 1.165) is 30.0 Å². The highest BCUT2D eigenvalue weighted by Gasteiger charge is 2.58. The largest absolute Gasteiger partial charge is 0.425 e. The normalized spacial score (nSPS) is 36.0. The van der Waals surface area contributed by atoms with E-state index in [1.807, 2.05) is 6.92 Å². The Hall–Kier alpha value is -0.900. The second kappa shape index (κ2) is 2.79. The van der Waals surface area contributed by atoms with Crippen molar-refractivity contribution in [3.05, 3.63) is 11.8 Å². The van der Waals surface area contributed by atoms with Crippen molar-refractivity contribution in [3.63, 3.8) is 0 Å². The van der Waals surface area contributed by atoms with Gasteiger partial charge in [0.2, 0.25) is 11.8 Å². The van der Waals surface area contributed by atoms with Crippen LogP contribution in [0.25, 0.3) is 0 Å². The fraction of sp³-hybridized carbons (Fsp3) is 0.800. The van der Waals surface area contributed by atoms with Crippen molar-refractivity contribution in [2.24, 2.45) is 11.8 Å². The Kier molecular flexibility index (Phi) is 1.68. The van der Waals surface area contributed by atoms with Gasteiger partial charge in [-0.2, -0.15) is 0 Å². The lowest BCUT2D eigenvalue weighted by molar-refractivity contribution is 0.344. The van der Waals surface area contributed by atoms with Gasteiger partial charge in [0, 0.05) is 25.4 Å². The summed E-state index contributed by atoms with van der Waals surface area (Å²) in [4.78, 5) is 2.38. The van der Waals surface area contributed by atoms with Crippen LogP contribution < -0.4 is 0 Å². The van der Waals surface area contributed by atoms with Gasteiger partial charge in [0.25, 0.3) is 0 Å². The summed E-state index contributed by atoms with van der Waals surface area (Å²) in [5.41, 5.74) is 0. The molecule has 0 N–H and O–H groups in total. The molecule has 0 bridgehead atoms. The maximum atomic E-state index is 5.59. The van der Waals surface area contributed by atoms with Gasteiger partial charge in [-0.05, 0) is 18.9 Å². The quantitative estimate of drug-likeness (QED) is 0.700. The van der Waals surface area contributed by atoms with Gasteiger partial charge in [0.15, 0.2) is 0 Å². The molecule has 4 nitrogen and oxygen atoms in total. The maximum absolute atomic E-state index is 5.59. The van der Waals surface area contributed by atoms with Crippen molar-refractivity contribution < 1.29 is 4.42 Å². The molecule has 0 amide bonds. The number of fused-ring (bicyclic) bond motifs is 1. The van der Waals surface area contributed by atoms with Gasteiger partial charge in [-0.1, -0.05) is 6.92 Å². The van der Waals surface area contributed by atoms with Crippen molar-refractivity contribution >= 4 is 0 Å². The second-order valence-electron chi connectivity index (χ2n) is 4.46. The summed E-state index contributed by atoms with van der Waals surface area (Å²) >= 11 is 0. The van der Waals surface area contributed by atoms with Crippen LogP contribution in [0, 0.1) is 11.8 Å². The summed E-state index contributed by atoms with van der Waals surface area (Å²) in [6.07, 6.45) is 0.842. The first kappa shape index (κ1) is 8.41. The first-order valence-electron chi connectivity index (χ1n) is 5.30. The minimum atomic E-state index is 0.569. The molecule has 2 fully saturated rings. The van der Waals surface area contributed by atoms with Crippen LogP contribution in [-0.4, -0.2) is 35.2 Å². The third kappa shape index (κ3) is 1.10. The number of hydrogen-bond donors (Lipinski definition) is 0. The number of aromatic nitrogens is 2. The van der Waals surface area contributed by atoms with Crippen LogP contribution in [-0.2, 0) is 6.42 Å². The lowest BCUT2D eigenvalue weighted by Gasteiger charge is -2.10. The fourth-order valence-corrected chi connectivity index (χ4v) is 2.65. The minimum absolute atomic E-state index is 0.569. The van der Waals surface area contributed by atoms with Crippen LogP contribution in [0.15, 0.2) is 4.42 Å². The van der Waals surface area contributed by atoms with Gasteiger partial charge in [0.1, 0.15) is 0 Å². The topological polar surface area (TPSA) is 42.2 Å². The van der Waals surface area contributed by atoms with Gasteiger partial charge in [-0.25, -0.2) is 0 Å². The highest BCUT2D eigenvalue weighted by molar-refractivity contribution is 5.17. The van der Waals surface area contributed by atoms with E-state index >= 15 is 0 Å². The molecule has 2 aliphatic rings. The Balaban J connectivity index is 1.74. The van der Waals surface area contributed by atoms with E-state index in [4.69, 9.17) is 4.42 Å². The van der Waals surface area contributed by atoms with Gasteiger partial charge in [-0.15, -0.1) is 10.2 Å². The third-order valence-corrected chi connectivity index (χ3v) is 3.45. The van der Waals surface area contributed by atoms with Crippen molar-refractivity contribution in [1.82, 2.24) is 15.1 Å². The SMILES string of the molecule is CCc1nnc([C@H]2[C@@H]3CN(C)C[C@@H]32)o1. The zero-order valence-electron chi connectivity index (χ0n) is 8.60. The van der Waals surface area contributed by atoms with E-state index in [1.165, 1.54) is 13.1 Å². The molecule has 0 radical (unpaired) electrons. The van der Waals surface area contributed by atoms with E-state index in [0.29, 0.717) is 5.92 Å². The molecule has 1 saturated carbocycles. The summed E-state index contributed by atoms with van der Waals surface area (Å²) in [6, 6.07) is 0. The molecule has 14 heavy (non-hydrogen) atoms. The molecular weight excluding hydrogens is 178 g/mol. The monoisotopic (exact) mass is 193 g/mol. The van der Waals surface area contributed by atoms with Crippen LogP contribution in [0.4, 0.5) is 0 Å². The molecule has 3 atom stereocenters. The first-order valence-corrected chi connectivity index (χ1v) is 5.30. The second-order valence-corrected chi connectivity index (χ2v) is 4.46. The van der Waals surface area contributed by atoms with Crippen molar-refractivity contribution in [2.75, 3.05) is 20.1 Å². The molecule has 1 aromatic heterocycles. The lowest BCUT2D eigenvalue weighted by atomic mass is 10.3. The summed E-state index contributed by atoms with van der Waals surface area (Å²) in [6.45, 7) is 4.43. The van der Waals surface area contributed by atoms with E-state index in [2.05, 4.69) is 22.1 Å². The van der Waals surface area contributed by atoms with Gasteiger partial charge < -0.3 is 9.32 Å². The van der Waals surface area contributed by atoms with E-state index in [9.17, 15) is 0 Å². The Labute approximate surface area is 83.3 Å². The van der Waals surface area contributed by atoms with Gasteiger partial charge in [0.05, 0.1) is 0 Å². The van der Waals surface area contributed by atoms with Gasteiger partial charge >= 0.3 is 0 Å². The summed E-state index contributed by atoms with van der Waals surface area (Å²) in [5.74, 6) is 3.79. The highest BCUT2D eigenvalue weighted by Crippen LogP contribution is 2.57. The van der Waals surface area contributed by atoms with E-state index in [1.54, 1.807) is 0 Å². The Bertz CT molecular complexity index is 337. The fourth-order valence-electron chi connectivity index (χ4n) is 2.65. The molecule has 4 heteroatoms. The summed E-state index contributed by atoms with van der Waals surface area (Å²) in [5, 5.41) is 8.13. The number of aryl methyl sites for hydroxylation is 1. The molecule has 1 saturated heterocycles. The predicted molar refractivity (Wildman–Crippen MR) is 50.9 cm³/mol. The lowest BCUT2D eigenvalue weighted by Crippen LogP contribution is -2.18. The average Bonchev–Trinajstić information content (AvgIpc) is 2.62. The van der Waals surface area contributed by atoms with Crippen LogP contribution in [0.3, 0.4) is 0 Å². The minimum Gasteiger partial charge on any atom is -0.425 e. The van der Waals surface area contributed by atoms with Crippen LogP contribution in [0.2, 0.25) is 0 Å². The molecule has 2 heterocycles. The molecule has 1 aliphatic heterocycles. The smallest absolute Gasteiger partial charge is 0.220 e. The Morgan fingerprint density at radius 1 is 1.36 bits per heavy atom. The Morgan fingerprint density at radius 3 is 2.64 bits per heavy atom. The zero-order chi connectivity index (χ0) is 9.71. The van der Waals surface area contributed by atoms with Crippen LogP contribution in [0.1, 0.15) is 24.6 Å². The van der Waals surface area contributed by atoms with E-state index in [-0.39, 0.29) is 0 Å². The standard InChI is InChI=1S/C10H15N3O/c1-3-8-11-12-10(14-8)9-6-4-13(2)5-7(6)9/h6-7,9H,3-5H2,1-2H3/t6-,7+,9+. The molecule has 1 aliphatic carbocycles. The number of piperidine rings is 1. The highest BCUT2D eigenvalue weighted by atomic mass is 16.4. The molecule has 0 aromatic carbocycles. The molecule has 76 valence electrons. The molecule has 1 aromatic rings. The number of rotatable bonds is 2. The first-order chi connectivity index (χ1) is 6.79. The van der Waals surface area contributed by atoms with Crippen molar-refractivity contribution in [3.8, 4) is 0 Å². The average molecular weight is 193 g/mol. The summed E-state index contributed by atoms with van der Waals surface area (Å²) < 4.78 is 5.59.